The standard InChI is InChI=1S/C22H32O4/c1-13-10-18-16-5-4-14-11-15(24)6-8-20(14,2)17(16)7-9-21(18,3)22(13,26)19(25)12-23/h11,13,16-18,23,26H,4-10,12H2,1-3H3/t13-,16+,17-,18-,20-,21-,22-/m0/s1. The van der Waals surface area contributed by atoms with E-state index in [1.807, 2.05) is 13.0 Å². The van der Waals surface area contributed by atoms with Crippen LogP contribution in [0.4, 0.5) is 0 Å². The molecule has 0 radical (unpaired) electrons. The molecule has 0 aromatic rings. The quantitative estimate of drug-likeness (QED) is 0.794. The number of carbonyl (C=O) groups is 2. The van der Waals surface area contributed by atoms with E-state index in [-0.39, 0.29) is 17.1 Å². The first-order valence-corrected chi connectivity index (χ1v) is 10.3. The third kappa shape index (κ3) is 2.09. The summed E-state index contributed by atoms with van der Waals surface area (Å²) in [7, 11) is 0. The van der Waals surface area contributed by atoms with Gasteiger partial charge >= 0.3 is 0 Å². The highest BCUT2D eigenvalue weighted by Crippen LogP contribution is 2.68. The van der Waals surface area contributed by atoms with Crippen molar-refractivity contribution in [3.63, 3.8) is 0 Å². The zero-order chi connectivity index (χ0) is 18.9. The van der Waals surface area contributed by atoms with Crippen molar-refractivity contribution >= 4 is 11.6 Å². The summed E-state index contributed by atoms with van der Waals surface area (Å²) in [6.45, 7) is 5.82. The van der Waals surface area contributed by atoms with Gasteiger partial charge in [0.25, 0.3) is 0 Å². The number of hydrogen-bond donors (Lipinski definition) is 2. The lowest BCUT2D eigenvalue weighted by Crippen LogP contribution is -2.59. The SMILES string of the molecule is C[C@H]1C[C@H]2[C@@H]3CCC4=CC(=O)CC[C@]4(C)[C@H]3CC[C@]2(C)[C@@]1(O)C(=O)CO. The van der Waals surface area contributed by atoms with Gasteiger partial charge in [0.1, 0.15) is 12.2 Å². The van der Waals surface area contributed by atoms with Gasteiger partial charge in [-0.25, -0.2) is 0 Å². The van der Waals surface area contributed by atoms with Crippen molar-refractivity contribution in [1.82, 2.24) is 0 Å². The predicted octanol–water partition coefficient (Wildman–Crippen LogP) is 3.06. The van der Waals surface area contributed by atoms with Crippen LogP contribution in [0.1, 0.15) is 65.7 Å². The zero-order valence-electron chi connectivity index (χ0n) is 16.3. The molecular formula is C22H32O4. The Morgan fingerprint density at radius 1 is 1.19 bits per heavy atom. The molecule has 4 aliphatic rings. The van der Waals surface area contributed by atoms with Gasteiger partial charge in [0.05, 0.1) is 0 Å². The number of Topliss-reactive ketones (excluding diaryl/α,β-unsaturated/α-hetero) is 1. The van der Waals surface area contributed by atoms with Crippen LogP contribution in [0.5, 0.6) is 0 Å². The molecular weight excluding hydrogens is 328 g/mol. The minimum atomic E-state index is -1.41. The topological polar surface area (TPSA) is 74.6 Å². The summed E-state index contributed by atoms with van der Waals surface area (Å²) in [6.07, 6.45) is 8.19. The normalized spacial score (nSPS) is 50.5. The first kappa shape index (κ1) is 18.4. The van der Waals surface area contributed by atoms with Gasteiger partial charge in [-0.2, -0.15) is 0 Å². The summed E-state index contributed by atoms with van der Waals surface area (Å²) in [5.74, 6) is 1.09. The molecule has 7 atom stereocenters. The lowest BCUT2D eigenvalue weighted by atomic mass is 9.46. The van der Waals surface area contributed by atoms with Crippen LogP contribution in [0.2, 0.25) is 0 Å². The Hall–Kier alpha value is -1.00. The lowest BCUT2D eigenvalue weighted by molar-refractivity contribution is -0.170. The molecule has 3 fully saturated rings. The molecule has 4 nitrogen and oxygen atoms in total. The summed E-state index contributed by atoms with van der Waals surface area (Å²) in [5, 5.41) is 20.9. The number of ketones is 2. The van der Waals surface area contributed by atoms with Crippen LogP contribution in [-0.4, -0.2) is 34.0 Å². The Kier molecular flexibility index (Phi) is 4.06. The van der Waals surface area contributed by atoms with E-state index in [0.29, 0.717) is 24.2 Å². The molecule has 0 saturated heterocycles. The van der Waals surface area contributed by atoms with Crippen LogP contribution in [0.25, 0.3) is 0 Å². The Balaban J connectivity index is 1.71. The van der Waals surface area contributed by atoms with Crippen LogP contribution in [0.15, 0.2) is 11.6 Å². The molecule has 0 aromatic heterocycles. The average molecular weight is 360 g/mol. The number of fused-ring (bicyclic) bond motifs is 5. The molecule has 3 saturated carbocycles. The third-order valence-electron chi connectivity index (χ3n) is 9.11. The van der Waals surface area contributed by atoms with Gasteiger partial charge in [0, 0.05) is 11.8 Å². The van der Waals surface area contributed by atoms with E-state index >= 15 is 0 Å². The van der Waals surface area contributed by atoms with Crippen molar-refractivity contribution in [3.05, 3.63) is 11.6 Å². The third-order valence-corrected chi connectivity index (χ3v) is 9.11. The van der Waals surface area contributed by atoms with Crippen LogP contribution < -0.4 is 0 Å². The van der Waals surface area contributed by atoms with Crippen molar-refractivity contribution in [2.24, 2.45) is 34.5 Å². The minimum absolute atomic E-state index is 0.100. The lowest BCUT2D eigenvalue weighted by Gasteiger charge is -2.59. The highest BCUT2D eigenvalue weighted by Gasteiger charge is 2.68. The molecule has 0 unspecified atom stereocenters. The monoisotopic (exact) mass is 360 g/mol. The van der Waals surface area contributed by atoms with Gasteiger partial charge in [-0.05, 0) is 73.7 Å². The van der Waals surface area contributed by atoms with Crippen molar-refractivity contribution in [3.8, 4) is 0 Å². The smallest absolute Gasteiger partial charge is 0.190 e. The second-order valence-electron chi connectivity index (χ2n) is 9.91. The van der Waals surface area contributed by atoms with Crippen LogP contribution in [0, 0.1) is 34.5 Å². The maximum atomic E-state index is 12.5. The molecule has 0 heterocycles. The molecule has 0 bridgehead atoms. The summed E-state index contributed by atoms with van der Waals surface area (Å²) >= 11 is 0. The molecule has 4 heteroatoms. The molecule has 26 heavy (non-hydrogen) atoms. The summed E-state index contributed by atoms with van der Waals surface area (Å²) in [4.78, 5) is 24.5. The van der Waals surface area contributed by atoms with Crippen LogP contribution >= 0.6 is 0 Å². The number of hydrogen-bond acceptors (Lipinski definition) is 4. The molecule has 0 aromatic carbocycles. The van der Waals surface area contributed by atoms with Gasteiger partial charge in [-0.1, -0.05) is 26.3 Å². The van der Waals surface area contributed by atoms with Gasteiger partial charge in [-0.15, -0.1) is 0 Å². The second kappa shape index (κ2) is 5.75. The molecule has 4 aliphatic carbocycles. The molecule has 2 N–H and O–H groups in total. The Labute approximate surface area is 156 Å². The van der Waals surface area contributed by atoms with E-state index in [0.717, 1.165) is 38.5 Å². The molecule has 0 aliphatic heterocycles. The maximum absolute atomic E-state index is 12.5. The fourth-order valence-electron chi connectivity index (χ4n) is 7.62. The van der Waals surface area contributed by atoms with Crippen LogP contribution in [0.3, 0.4) is 0 Å². The predicted molar refractivity (Wildman–Crippen MR) is 98.3 cm³/mol. The number of aliphatic hydroxyl groups excluding tert-OH is 1. The number of aliphatic hydroxyl groups is 2. The maximum Gasteiger partial charge on any atom is 0.190 e. The van der Waals surface area contributed by atoms with Gasteiger partial charge in [0.2, 0.25) is 0 Å². The fourth-order valence-corrected chi connectivity index (χ4v) is 7.62. The van der Waals surface area contributed by atoms with Crippen molar-refractivity contribution in [2.45, 2.75) is 71.3 Å². The van der Waals surface area contributed by atoms with Crippen LogP contribution in [-0.2, 0) is 9.59 Å². The van der Waals surface area contributed by atoms with Crippen molar-refractivity contribution < 1.29 is 19.8 Å². The molecule has 4 rings (SSSR count). The van der Waals surface area contributed by atoms with Gasteiger partial charge < -0.3 is 10.2 Å². The van der Waals surface area contributed by atoms with E-state index in [2.05, 4.69) is 13.8 Å². The highest BCUT2D eigenvalue weighted by molar-refractivity contribution is 5.91. The highest BCUT2D eigenvalue weighted by atomic mass is 16.3. The van der Waals surface area contributed by atoms with Crippen molar-refractivity contribution in [1.29, 1.82) is 0 Å². The second-order valence-corrected chi connectivity index (χ2v) is 9.91. The largest absolute Gasteiger partial charge is 0.388 e. The Morgan fingerprint density at radius 2 is 1.92 bits per heavy atom. The Morgan fingerprint density at radius 3 is 2.62 bits per heavy atom. The first-order valence-electron chi connectivity index (χ1n) is 10.3. The molecule has 144 valence electrons. The minimum Gasteiger partial charge on any atom is -0.388 e. The first-order chi connectivity index (χ1) is 12.2. The zero-order valence-corrected chi connectivity index (χ0v) is 16.3. The van der Waals surface area contributed by atoms with Gasteiger partial charge in [-0.3, -0.25) is 9.59 Å². The summed E-state index contributed by atoms with van der Waals surface area (Å²) in [6, 6.07) is 0. The fraction of sp³-hybridized carbons (Fsp3) is 0.818. The van der Waals surface area contributed by atoms with Crippen molar-refractivity contribution in [2.75, 3.05) is 6.61 Å². The van der Waals surface area contributed by atoms with E-state index < -0.39 is 23.4 Å². The average Bonchev–Trinajstić information content (AvgIpc) is 2.83. The number of allylic oxidation sites excluding steroid dienone is 1. The number of carbonyl (C=O) groups excluding carboxylic acids is 2. The van der Waals surface area contributed by atoms with E-state index in [4.69, 9.17) is 0 Å². The molecule has 0 spiro atoms. The molecule has 0 amide bonds. The van der Waals surface area contributed by atoms with E-state index in [9.17, 15) is 19.8 Å². The van der Waals surface area contributed by atoms with E-state index in [1.54, 1.807) is 0 Å². The summed E-state index contributed by atoms with van der Waals surface area (Å²) in [5.41, 5.74) is -0.415. The summed E-state index contributed by atoms with van der Waals surface area (Å²) < 4.78 is 0. The van der Waals surface area contributed by atoms with E-state index in [1.165, 1.54) is 5.57 Å². The number of rotatable bonds is 2. The van der Waals surface area contributed by atoms with Gasteiger partial charge in [0.15, 0.2) is 11.6 Å². The Bertz CT molecular complexity index is 682.